The summed E-state index contributed by atoms with van der Waals surface area (Å²) in [6.07, 6.45) is 3.00. The number of amides is 1. The minimum Gasteiger partial charge on any atom is -0.493 e. The lowest BCUT2D eigenvalue weighted by Gasteiger charge is -2.11. The number of carbonyl (C=O) groups is 1. The fourth-order valence-corrected chi connectivity index (χ4v) is 3.42. The second-order valence-corrected chi connectivity index (χ2v) is 7.53. The molecule has 0 spiro atoms. The molecule has 0 aliphatic rings. The van der Waals surface area contributed by atoms with Crippen LogP contribution in [0.5, 0.6) is 11.5 Å². The van der Waals surface area contributed by atoms with Gasteiger partial charge in [0.2, 0.25) is 5.13 Å². The van der Waals surface area contributed by atoms with Gasteiger partial charge in [0, 0.05) is 6.42 Å². The summed E-state index contributed by atoms with van der Waals surface area (Å²) in [4.78, 5) is 12.4. The molecule has 0 saturated heterocycles. The highest BCUT2D eigenvalue weighted by Crippen LogP contribution is 2.29. The number of nitriles is 1. The zero-order valence-electron chi connectivity index (χ0n) is 17.3. The van der Waals surface area contributed by atoms with Crippen molar-refractivity contribution in [1.29, 1.82) is 5.26 Å². The standard InChI is InChI=1S/C23H22N4O3S/c1-3-21-26-27-23(31-21)25-22(28)18(15-24)13-17-9-10-19(20(14-17)29-2)30-12-11-16-7-5-4-6-8-16/h4-10,13-14H,3,11-12H2,1-2H3,(H,25,27,28)/b18-13+. The lowest BCUT2D eigenvalue weighted by atomic mass is 10.1. The number of anilines is 1. The molecule has 0 radical (unpaired) electrons. The van der Waals surface area contributed by atoms with Crippen LogP contribution in [0.3, 0.4) is 0 Å². The molecule has 1 N–H and O–H groups in total. The van der Waals surface area contributed by atoms with E-state index >= 15 is 0 Å². The first-order chi connectivity index (χ1) is 15.1. The predicted molar refractivity (Wildman–Crippen MR) is 120 cm³/mol. The third-order valence-corrected chi connectivity index (χ3v) is 5.33. The smallest absolute Gasteiger partial charge is 0.268 e. The van der Waals surface area contributed by atoms with Crippen LogP contribution in [0, 0.1) is 11.3 Å². The minimum absolute atomic E-state index is 0.0481. The lowest BCUT2D eigenvalue weighted by Crippen LogP contribution is -2.13. The summed E-state index contributed by atoms with van der Waals surface area (Å²) in [7, 11) is 1.55. The van der Waals surface area contributed by atoms with E-state index in [1.54, 1.807) is 25.3 Å². The molecule has 1 heterocycles. The average Bonchev–Trinajstić information content (AvgIpc) is 3.26. The van der Waals surface area contributed by atoms with Crippen LogP contribution in [-0.2, 0) is 17.6 Å². The molecular weight excluding hydrogens is 412 g/mol. The molecule has 1 aromatic heterocycles. The van der Waals surface area contributed by atoms with Crippen molar-refractivity contribution in [3.63, 3.8) is 0 Å². The zero-order chi connectivity index (χ0) is 22.1. The molecule has 0 fully saturated rings. The fraction of sp³-hybridized carbons (Fsp3) is 0.217. The maximum Gasteiger partial charge on any atom is 0.268 e. The Labute approximate surface area is 185 Å². The second-order valence-electron chi connectivity index (χ2n) is 6.47. The van der Waals surface area contributed by atoms with Gasteiger partial charge in [-0.2, -0.15) is 5.26 Å². The molecule has 0 aliphatic carbocycles. The van der Waals surface area contributed by atoms with Gasteiger partial charge in [0.25, 0.3) is 5.91 Å². The molecule has 0 unspecified atom stereocenters. The number of nitrogens with one attached hydrogen (secondary N) is 1. The number of aromatic nitrogens is 2. The summed E-state index contributed by atoms with van der Waals surface area (Å²) < 4.78 is 11.3. The van der Waals surface area contributed by atoms with Crippen LogP contribution in [0.4, 0.5) is 5.13 Å². The van der Waals surface area contributed by atoms with E-state index in [0.29, 0.717) is 28.8 Å². The van der Waals surface area contributed by atoms with Gasteiger partial charge < -0.3 is 9.47 Å². The first kappa shape index (κ1) is 22.0. The van der Waals surface area contributed by atoms with Gasteiger partial charge in [-0.25, -0.2) is 0 Å². The second kappa shape index (κ2) is 10.9. The quantitative estimate of drug-likeness (QED) is 0.399. The van der Waals surface area contributed by atoms with Gasteiger partial charge in [-0.1, -0.05) is 54.7 Å². The molecule has 8 heteroatoms. The molecule has 2 aromatic carbocycles. The highest BCUT2D eigenvalue weighted by atomic mass is 32.1. The molecule has 0 saturated carbocycles. The van der Waals surface area contributed by atoms with Crippen molar-refractivity contribution in [3.05, 3.63) is 70.2 Å². The Bertz CT molecular complexity index is 1100. The Balaban J connectivity index is 1.68. The number of aryl methyl sites for hydroxylation is 1. The molecule has 0 aliphatic heterocycles. The first-order valence-electron chi connectivity index (χ1n) is 9.73. The Kier molecular flexibility index (Phi) is 7.73. The summed E-state index contributed by atoms with van der Waals surface area (Å²) in [6, 6.07) is 17.3. The van der Waals surface area contributed by atoms with E-state index in [1.165, 1.54) is 23.0 Å². The Morgan fingerprint density at radius 3 is 2.68 bits per heavy atom. The van der Waals surface area contributed by atoms with Gasteiger partial charge in [-0.15, -0.1) is 10.2 Å². The SMILES string of the molecule is CCc1nnc(NC(=O)/C(C#N)=C/c2ccc(OCCc3ccccc3)c(OC)c2)s1. The topological polar surface area (TPSA) is 97.1 Å². The van der Waals surface area contributed by atoms with E-state index in [4.69, 9.17) is 9.47 Å². The molecule has 3 aromatic rings. The zero-order valence-corrected chi connectivity index (χ0v) is 18.1. The van der Waals surface area contributed by atoms with Crippen LogP contribution in [0.15, 0.2) is 54.1 Å². The monoisotopic (exact) mass is 434 g/mol. The summed E-state index contributed by atoms with van der Waals surface area (Å²) in [5.74, 6) is 0.583. The number of nitrogens with zero attached hydrogens (tertiary/aromatic N) is 3. The highest BCUT2D eigenvalue weighted by molar-refractivity contribution is 7.15. The van der Waals surface area contributed by atoms with Crippen LogP contribution in [0.2, 0.25) is 0 Å². The van der Waals surface area contributed by atoms with Crippen LogP contribution < -0.4 is 14.8 Å². The summed E-state index contributed by atoms with van der Waals surface area (Å²) in [5.41, 5.74) is 1.78. The lowest BCUT2D eigenvalue weighted by molar-refractivity contribution is -0.112. The minimum atomic E-state index is -0.538. The van der Waals surface area contributed by atoms with Crippen molar-refractivity contribution in [2.24, 2.45) is 0 Å². The van der Waals surface area contributed by atoms with Crippen LogP contribution in [0.1, 0.15) is 23.1 Å². The van der Waals surface area contributed by atoms with Crippen LogP contribution in [-0.4, -0.2) is 29.8 Å². The van der Waals surface area contributed by atoms with Gasteiger partial charge in [0.15, 0.2) is 11.5 Å². The molecule has 31 heavy (non-hydrogen) atoms. The summed E-state index contributed by atoms with van der Waals surface area (Å²) in [5, 5.41) is 21.1. The van der Waals surface area contributed by atoms with Crippen molar-refractivity contribution in [2.45, 2.75) is 19.8 Å². The Morgan fingerprint density at radius 1 is 1.19 bits per heavy atom. The van der Waals surface area contributed by atoms with E-state index < -0.39 is 5.91 Å². The summed E-state index contributed by atoms with van der Waals surface area (Å²) in [6.45, 7) is 2.46. The van der Waals surface area contributed by atoms with Crippen molar-refractivity contribution in [2.75, 3.05) is 19.0 Å². The van der Waals surface area contributed by atoms with Crippen molar-refractivity contribution in [3.8, 4) is 17.6 Å². The van der Waals surface area contributed by atoms with Crippen molar-refractivity contribution < 1.29 is 14.3 Å². The van der Waals surface area contributed by atoms with E-state index in [1.807, 2.05) is 43.3 Å². The maximum atomic E-state index is 12.4. The van der Waals surface area contributed by atoms with Crippen molar-refractivity contribution in [1.82, 2.24) is 10.2 Å². The van der Waals surface area contributed by atoms with Gasteiger partial charge in [0.05, 0.1) is 13.7 Å². The molecule has 0 bridgehead atoms. The molecule has 158 valence electrons. The molecule has 1 amide bonds. The Hall–Kier alpha value is -3.70. The van der Waals surface area contributed by atoms with Gasteiger partial charge >= 0.3 is 0 Å². The van der Waals surface area contributed by atoms with Gasteiger partial charge in [-0.05, 0) is 35.8 Å². The fourth-order valence-electron chi connectivity index (χ4n) is 2.74. The molecule has 3 rings (SSSR count). The van der Waals surface area contributed by atoms with E-state index in [2.05, 4.69) is 15.5 Å². The number of carbonyl (C=O) groups excluding carboxylic acids is 1. The predicted octanol–water partition coefficient (Wildman–Crippen LogP) is 4.28. The van der Waals surface area contributed by atoms with Gasteiger partial charge in [0.1, 0.15) is 16.6 Å². The Morgan fingerprint density at radius 2 is 2.00 bits per heavy atom. The number of hydrogen-bond donors (Lipinski definition) is 1. The average molecular weight is 435 g/mol. The number of hydrogen-bond acceptors (Lipinski definition) is 7. The third-order valence-electron chi connectivity index (χ3n) is 4.34. The molecule has 7 nitrogen and oxygen atoms in total. The van der Waals surface area contributed by atoms with Gasteiger partial charge in [-0.3, -0.25) is 10.1 Å². The normalized spacial score (nSPS) is 10.9. The number of benzene rings is 2. The largest absolute Gasteiger partial charge is 0.493 e. The van der Waals surface area contributed by atoms with E-state index in [-0.39, 0.29) is 5.57 Å². The highest BCUT2D eigenvalue weighted by Gasteiger charge is 2.13. The molecule has 0 atom stereocenters. The first-order valence-corrected chi connectivity index (χ1v) is 10.5. The number of methoxy groups -OCH3 is 1. The van der Waals surface area contributed by atoms with Crippen LogP contribution in [0.25, 0.3) is 6.08 Å². The number of ether oxygens (including phenoxy) is 2. The molecular formula is C23H22N4O3S. The number of rotatable bonds is 9. The maximum absolute atomic E-state index is 12.4. The summed E-state index contributed by atoms with van der Waals surface area (Å²) >= 11 is 1.28. The van der Waals surface area contributed by atoms with Crippen LogP contribution >= 0.6 is 11.3 Å². The third kappa shape index (κ3) is 6.14. The van der Waals surface area contributed by atoms with Crippen molar-refractivity contribution >= 4 is 28.5 Å². The van der Waals surface area contributed by atoms with E-state index in [9.17, 15) is 10.1 Å². The van der Waals surface area contributed by atoms with E-state index in [0.717, 1.165) is 17.8 Å².